The van der Waals surface area contributed by atoms with E-state index in [1.165, 1.54) is 0 Å². The van der Waals surface area contributed by atoms with Crippen molar-refractivity contribution in [3.05, 3.63) is 76.3 Å². The maximum absolute atomic E-state index is 13.4. The second-order valence-electron chi connectivity index (χ2n) is 7.05. The van der Waals surface area contributed by atoms with Crippen molar-refractivity contribution in [1.29, 1.82) is 0 Å². The van der Waals surface area contributed by atoms with E-state index in [0.29, 0.717) is 12.8 Å². The molecule has 4 rings (SSSR count). The molecule has 0 amide bonds. The van der Waals surface area contributed by atoms with Crippen molar-refractivity contribution in [2.45, 2.75) is 31.1 Å². The fraction of sp³-hybridized carbons (Fsp3) is 0.273. The normalized spacial score (nSPS) is 18.0. The molecule has 2 aromatic carbocycles. The topological polar surface area (TPSA) is 3.24 Å². The van der Waals surface area contributed by atoms with Crippen LogP contribution in [0.1, 0.15) is 35.1 Å². The Kier molecular flexibility index (Phi) is 4.26. The highest BCUT2D eigenvalue weighted by molar-refractivity contribution is 9.10. The number of halogens is 3. The minimum absolute atomic E-state index is 0.581. The second kappa shape index (κ2) is 6.34. The van der Waals surface area contributed by atoms with E-state index in [0.717, 1.165) is 51.1 Å². The summed E-state index contributed by atoms with van der Waals surface area (Å²) < 4.78 is 27.9. The van der Waals surface area contributed by atoms with Gasteiger partial charge in [0, 0.05) is 33.5 Å². The molecule has 0 atom stereocenters. The first kappa shape index (κ1) is 17.5. The average Bonchev–Trinajstić information content (AvgIpc) is 3.44. The van der Waals surface area contributed by atoms with Gasteiger partial charge in [-0.25, -0.2) is 8.78 Å². The largest absolute Gasteiger partial charge is 0.341 e. The summed E-state index contributed by atoms with van der Waals surface area (Å²) in [7, 11) is 0. The van der Waals surface area contributed by atoms with Gasteiger partial charge in [-0.1, -0.05) is 59.4 Å². The van der Waals surface area contributed by atoms with Gasteiger partial charge in [0.2, 0.25) is 6.43 Å². The molecular weight excluding hydrogens is 396 g/mol. The van der Waals surface area contributed by atoms with Gasteiger partial charge in [0.25, 0.3) is 0 Å². The summed E-state index contributed by atoms with van der Waals surface area (Å²) in [5, 5.41) is 0. The lowest BCUT2D eigenvalue weighted by Gasteiger charge is -2.34. The number of benzene rings is 2. The van der Waals surface area contributed by atoms with E-state index in [1.54, 1.807) is 0 Å². The van der Waals surface area contributed by atoms with Gasteiger partial charge in [0.05, 0.1) is 5.41 Å². The molecular formula is C22H20BrF2N. The fourth-order valence-electron chi connectivity index (χ4n) is 3.90. The summed E-state index contributed by atoms with van der Waals surface area (Å²) in [5.41, 5.74) is 5.02. The molecule has 1 fully saturated rings. The minimum Gasteiger partial charge on any atom is -0.341 e. The highest BCUT2D eigenvalue weighted by Gasteiger charge is 2.52. The van der Waals surface area contributed by atoms with Crippen molar-refractivity contribution in [2.24, 2.45) is 0 Å². The molecule has 0 N–H and O–H groups in total. The number of fused-ring (bicyclic) bond motifs is 1. The number of anilines is 1. The van der Waals surface area contributed by atoms with E-state index >= 15 is 0 Å². The number of hydrogen-bond acceptors (Lipinski definition) is 1. The molecule has 26 heavy (non-hydrogen) atoms. The Labute approximate surface area is 161 Å². The van der Waals surface area contributed by atoms with Gasteiger partial charge in [-0.3, -0.25) is 0 Å². The van der Waals surface area contributed by atoms with Gasteiger partial charge in [-0.15, -0.1) is 0 Å². The Morgan fingerprint density at radius 1 is 1.19 bits per heavy atom. The third-order valence-electron chi connectivity index (χ3n) is 5.65. The molecule has 1 nitrogen and oxygen atoms in total. The van der Waals surface area contributed by atoms with Crippen LogP contribution in [-0.2, 0) is 11.8 Å². The van der Waals surface area contributed by atoms with E-state index < -0.39 is 11.8 Å². The number of nitrogens with zero attached hydrogens (tertiary/aromatic N) is 1. The summed E-state index contributed by atoms with van der Waals surface area (Å²) in [6, 6.07) is 11.9. The smallest absolute Gasteiger partial charge is 0.248 e. The van der Waals surface area contributed by atoms with Gasteiger partial charge < -0.3 is 4.90 Å². The Morgan fingerprint density at radius 2 is 1.96 bits per heavy atom. The van der Waals surface area contributed by atoms with E-state index in [9.17, 15) is 8.78 Å². The first-order valence-corrected chi connectivity index (χ1v) is 9.56. The van der Waals surface area contributed by atoms with Crippen LogP contribution in [-0.4, -0.2) is 13.0 Å². The second-order valence-corrected chi connectivity index (χ2v) is 7.91. The molecule has 0 bridgehead atoms. The van der Waals surface area contributed by atoms with Crippen LogP contribution in [0.4, 0.5) is 14.5 Å². The van der Waals surface area contributed by atoms with Gasteiger partial charge in [-0.2, -0.15) is 0 Å². The highest BCUT2D eigenvalue weighted by atomic mass is 79.9. The zero-order valence-corrected chi connectivity index (χ0v) is 16.0. The average molecular weight is 416 g/mol. The van der Waals surface area contributed by atoms with Crippen molar-refractivity contribution in [3.63, 3.8) is 0 Å². The molecule has 0 aromatic heterocycles. The summed E-state index contributed by atoms with van der Waals surface area (Å²) in [4.78, 5) is 2.18. The van der Waals surface area contributed by atoms with Crippen molar-refractivity contribution in [1.82, 2.24) is 0 Å². The number of alkyl halides is 2. The summed E-state index contributed by atoms with van der Waals surface area (Å²) in [5.74, 6) is 0. The quantitative estimate of drug-likeness (QED) is 0.556. The summed E-state index contributed by atoms with van der Waals surface area (Å²) in [6.45, 7) is 8.98. The number of hydrogen-bond donors (Lipinski definition) is 0. The van der Waals surface area contributed by atoms with E-state index in [4.69, 9.17) is 0 Å². The van der Waals surface area contributed by atoms with Crippen LogP contribution in [0.2, 0.25) is 0 Å². The van der Waals surface area contributed by atoms with Crippen molar-refractivity contribution in [3.8, 4) is 0 Å². The lowest BCUT2D eigenvalue weighted by molar-refractivity contribution is 0.102. The van der Waals surface area contributed by atoms with Crippen molar-refractivity contribution < 1.29 is 8.78 Å². The van der Waals surface area contributed by atoms with Crippen molar-refractivity contribution >= 4 is 33.4 Å². The maximum atomic E-state index is 13.4. The lowest BCUT2D eigenvalue weighted by Crippen LogP contribution is -2.30. The molecule has 0 saturated heterocycles. The molecule has 0 radical (unpaired) electrons. The van der Waals surface area contributed by atoms with Crippen LogP contribution >= 0.6 is 15.9 Å². The summed E-state index contributed by atoms with van der Waals surface area (Å²) in [6.07, 6.45) is 1.52. The Bertz CT molecular complexity index is 899. The first-order chi connectivity index (χ1) is 12.5. The van der Waals surface area contributed by atoms with Gasteiger partial charge in [0.1, 0.15) is 0 Å². The lowest BCUT2D eigenvalue weighted by atomic mass is 9.88. The molecule has 1 saturated carbocycles. The van der Waals surface area contributed by atoms with Crippen LogP contribution < -0.4 is 4.90 Å². The van der Waals surface area contributed by atoms with Crippen LogP contribution in [0.3, 0.4) is 0 Å². The van der Waals surface area contributed by atoms with Crippen LogP contribution in [0, 0.1) is 0 Å². The van der Waals surface area contributed by atoms with Crippen LogP contribution in [0.25, 0.3) is 11.8 Å². The molecule has 134 valence electrons. The van der Waals surface area contributed by atoms with Crippen LogP contribution in [0.5, 0.6) is 0 Å². The molecule has 2 aromatic rings. The van der Waals surface area contributed by atoms with E-state index in [2.05, 4.69) is 40.1 Å². The van der Waals surface area contributed by atoms with Crippen molar-refractivity contribution in [2.75, 3.05) is 11.4 Å². The van der Waals surface area contributed by atoms with E-state index in [-0.39, 0.29) is 0 Å². The van der Waals surface area contributed by atoms with E-state index in [1.807, 2.05) is 36.4 Å². The number of rotatable bonds is 4. The SMILES string of the molecule is C=Cc1c(Br)cccc1N1CCc2cc(C3(C(F)F)CC3)ccc2C1=C. The van der Waals surface area contributed by atoms with Gasteiger partial charge >= 0.3 is 0 Å². The third-order valence-corrected chi connectivity index (χ3v) is 6.34. The monoisotopic (exact) mass is 415 g/mol. The zero-order chi connectivity index (χ0) is 18.5. The van der Waals surface area contributed by atoms with Gasteiger partial charge in [-0.05, 0) is 42.5 Å². The molecule has 1 heterocycles. The standard InChI is InChI=1S/C22H20BrF2N/c1-3-17-19(23)5-4-6-20(17)26-12-9-15-13-16(7-8-18(15)14(26)2)22(10-11-22)21(24)25/h3-8,13,21H,1-2,9-12H2. The summed E-state index contributed by atoms with van der Waals surface area (Å²) >= 11 is 3.58. The Balaban J connectivity index is 1.70. The van der Waals surface area contributed by atoms with Gasteiger partial charge in [0.15, 0.2) is 0 Å². The molecule has 4 heteroatoms. The minimum atomic E-state index is -2.29. The molecule has 0 unspecified atom stereocenters. The third kappa shape index (κ3) is 2.62. The predicted octanol–water partition coefficient (Wildman–Crippen LogP) is 6.42. The molecule has 0 spiro atoms. The first-order valence-electron chi connectivity index (χ1n) is 8.77. The van der Waals surface area contributed by atoms with Crippen LogP contribution in [0.15, 0.2) is 54.0 Å². The predicted molar refractivity (Wildman–Crippen MR) is 108 cm³/mol. The zero-order valence-electron chi connectivity index (χ0n) is 14.4. The Hall–Kier alpha value is -1.94. The molecule has 1 aliphatic heterocycles. The fourth-order valence-corrected chi connectivity index (χ4v) is 4.42. The molecule has 1 aliphatic carbocycles. The molecule has 2 aliphatic rings. The Morgan fingerprint density at radius 3 is 2.62 bits per heavy atom. The maximum Gasteiger partial charge on any atom is 0.248 e. The highest BCUT2D eigenvalue weighted by Crippen LogP contribution is 2.53.